The molecule has 0 heterocycles. The maximum absolute atomic E-state index is 2.52. The predicted octanol–water partition coefficient (Wildman–Crippen LogP) is -1.46. The van der Waals surface area contributed by atoms with Gasteiger partial charge in [0.15, 0.2) is 0 Å². The second-order valence-corrected chi connectivity index (χ2v) is 17.4. The minimum Gasteiger partial charge on any atom is -1.00 e. The van der Waals surface area contributed by atoms with Crippen LogP contribution in [-0.4, -0.2) is 24.5 Å². The SMILES string of the molecule is CCN(CC)CC.[Cl-].[Cl-].[Cl-].[Cl-].[Ru+2].[Ru+2].c1ccc(P(c2ccccc2)c2cc(-c3c(P(c4ccccc4)c4ccccc4)ccc4ccccc34)c3ccccc3c2)cc1. The summed E-state index contributed by atoms with van der Waals surface area (Å²) in [7, 11) is -1.60. The van der Waals surface area contributed by atoms with Crippen LogP contribution in [0.4, 0.5) is 0 Å². The number of nitrogens with zero attached hydrogens (tertiary/aromatic N) is 1. The Bertz CT molecular complexity index is 2300. The van der Waals surface area contributed by atoms with E-state index in [1.807, 2.05) is 0 Å². The number of hydrogen-bond donors (Lipinski definition) is 0. The Morgan fingerprint density at radius 1 is 0.356 bits per heavy atom. The van der Waals surface area contributed by atoms with Crippen LogP contribution in [0.3, 0.4) is 0 Å². The van der Waals surface area contributed by atoms with E-state index >= 15 is 0 Å². The number of halogens is 4. The third-order valence-electron chi connectivity index (χ3n) is 9.92. The van der Waals surface area contributed by atoms with Gasteiger partial charge in [-0.25, -0.2) is 0 Å². The van der Waals surface area contributed by atoms with Crippen molar-refractivity contribution < 1.29 is 88.6 Å². The molecule has 9 heteroatoms. The van der Waals surface area contributed by atoms with Crippen LogP contribution in [0.5, 0.6) is 0 Å². The van der Waals surface area contributed by atoms with Gasteiger partial charge in [-0.05, 0) is 112 Å². The van der Waals surface area contributed by atoms with Gasteiger partial charge in [0, 0.05) is 0 Å². The van der Waals surface area contributed by atoms with Crippen molar-refractivity contribution in [3.63, 3.8) is 0 Å². The van der Waals surface area contributed by atoms with Crippen molar-refractivity contribution in [1.29, 1.82) is 0 Å². The molecule has 8 rings (SSSR count). The molecule has 0 N–H and O–H groups in total. The summed E-state index contributed by atoms with van der Waals surface area (Å²) in [5.41, 5.74) is 2.64. The largest absolute Gasteiger partial charge is 2.00 e. The first-order valence-corrected chi connectivity index (χ1v) is 21.5. The molecule has 0 aliphatic rings. The number of hydrogen-bond acceptors (Lipinski definition) is 1. The van der Waals surface area contributed by atoms with Crippen LogP contribution in [0, 0.1) is 0 Å². The first-order chi connectivity index (χ1) is 26.2. The maximum Gasteiger partial charge on any atom is 2.00 e. The Kier molecular flexibility index (Phi) is 25.4. The minimum absolute atomic E-state index is 0. The molecule has 1 nitrogen and oxygen atoms in total. The zero-order valence-electron chi connectivity index (χ0n) is 33.2. The molecule has 0 saturated heterocycles. The summed E-state index contributed by atoms with van der Waals surface area (Å²) in [5.74, 6) is 0. The van der Waals surface area contributed by atoms with E-state index in [0.717, 1.165) is 0 Å². The zero-order valence-corrected chi connectivity index (χ0v) is 41.4. The van der Waals surface area contributed by atoms with E-state index in [1.54, 1.807) is 0 Å². The van der Waals surface area contributed by atoms with E-state index in [2.05, 4.69) is 220 Å². The summed E-state index contributed by atoms with van der Waals surface area (Å²) in [6.45, 7) is 10.1. The van der Waals surface area contributed by atoms with Crippen molar-refractivity contribution in [1.82, 2.24) is 4.90 Å². The van der Waals surface area contributed by atoms with Gasteiger partial charge in [0.1, 0.15) is 0 Å². The topological polar surface area (TPSA) is 3.24 Å². The van der Waals surface area contributed by atoms with Crippen LogP contribution in [0.25, 0.3) is 32.7 Å². The van der Waals surface area contributed by atoms with E-state index in [4.69, 9.17) is 0 Å². The molecule has 0 bridgehead atoms. The fraction of sp³-hybridized carbons (Fsp3) is 0.120. The fourth-order valence-electron chi connectivity index (χ4n) is 7.21. The summed E-state index contributed by atoms with van der Waals surface area (Å²) >= 11 is 0. The van der Waals surface area contributed by atoms with Gasteiger partial charge in [-0.2, -0.15) is 0 Å². The van der Waals surface area contributed by atoms with E-state index in [1.165, 1.54) is 84.1 Å². The molecule has 0 atom stereocenters. The first-order valence-electron chi connectivity index (χ1n) is 18.8. The first kappa shape index (κ1) is 54.5. The molecule has 0 unspecified atom stereocenters. The molecule has 306 valence electrons. The van der Waals surface area contributed by atoms with Crippen LogP contribution >= 0.6 is 15.8 Å². The molecule has 0 aliphatic carbocycles. The van der Waals surface area contributed by atoms with Gasteiger partial charge in [0.2, 0.25) is 0 Å². The summed E-state index contributed by atoms with van der Waals surface area (Å²) < 4.78 is 0. The molecule has 0 amide bonds. The summed E-state index contributed by atoms with van der Waals surface area (Å²) in [6, 6.07) is 71.8. The zero-order chi connectivity index (χ0) is 36.4. The van der Waals surface area contributed by atoms with E-state index in [-0.39, 0.29) is 88.6 Å². The Morgan fingerprint density at radius 3 is 1.15 bits per heavy atom. The van der Waals surface area contributed by atoms with Crippen LogP contribution in [-0.2, 0) is 39.0 Å². The average Bonchev–Trinajstić information content (AvgIpc) is 3.23. The van der Waals surface area contributed by atoms with Crippen molar-refractivity contribution in [2.75, 3.05) is 19.6 Å². The molecule has 59 heavy (non-hydrogen) atoms. The smallest absolute Gasteiger partial charge is 1.00 e. The normalized spacial score (nSPS) is 10.1. The van der Waals surface area contributed by atoms with Crippen molar-refractivity contribution in [3.8, 4) is 11.1 Å². The molecule has 8 aromatic carbocycles. The Morgan fingerprint density at radius 2 is 0.729 bits per heavy atom. The molecule has 0 radical (unpaired) electrons. The van der Waals surface area contributed by atoms with Gasteiger partial charge >= 0.3 is 39.0 Å². The Balaban J connectivity index is 0.00000124. The molecule has 0 aromatic heterocycles. The fourth-order valence-corrected chi connectivity index (χ4v) is 12.1. The van der Waals surface area contributed by atoms with Gasteiger partial charge in [-0.1, -0.05) is 203 Å². The number of benzene rings is 8. The van der Waals surface area contributed by atoms with E-state index in [9.17, 15) is 0 Å². The van der Waals surface area contributed by atoms with Gasteiger partial charge in [0.05, 0.1) is 0 Å². The van der Waals surface area contributed by atoms with E-state index < -0.39 is 15.8 Å². The third kappa shape index (κ3) is 13.0. The monoisotopic (exact) mass is 1070 g/mol. The van der Waals surface area contributed by atoms with Crippen molar-refractivity contribution in [2.45, 2.75) is 20.8 Å². The third-order valence-corrected chi connectivity index (χ3v) is 14.8. The van der Waals surface area contributed by atoms with Crippen LogP contribution in [0.1, 0.15) is 20.8 Å². The van der Waals surface area contributed by atoms with Crippen molar-refractivity contribution in [2.24, 2.45) is 0 Å². The number of fused-ring (bicyclic) bond motifs is 2. The standard InChI is InChI=1S/C44H32P2.C6H15N.4ClH.2Ru/c1-5-19-35(20-6-1)45(36-21-7-2-8-22-36)39-31-34-18-14-15-27-40(34)42(32-39)44-41-28-16-13-17-33(41)29-30-43(44)46(37-23-9-3-10-24-37)38-25-11-4-12-26-38;1-4-7(5-2)6-3;;;;;;/h1-32H;4-6H2,1-3H3;4*1H;;/q;;;;;;2*+2/p-4. The molecular weight excluding hydrogens is 1020 g/mol. The number of rotatable bonds is 10. The molecule has 0 fully saturated rings. The summed E-state index contributed by atoms with van der Waals surface area (Å²) in [5, 5.41) is 13.3. The predicted molar refractivity (Wildman–Crippen MR) is 238 cm³/mol. The second kappa shape index (κ2) is 27.5. The molecular formula is C50H47Cl4NP2Ru2. The Labute approximate surface area is 404 Å². The van der Waals surface area contributed by atoms with Gasteiger partial charge < -0.3 is 54.5 Å². The van der Waals surface area contributed by atoms with Gasteiger partial charge in [0.25, 0.3) is 0 Å². The van der Waals surface area contributed by atoms with Crippen LogP contribution in [0.15, 0.2) is 194 Å². The van der Waals surface area contributed by atoms with Gasteiger partial charge in [-0.15, -0.1) is 0 Å². The van der Waals surface area contributed by atoms with E-state index in [0.29, 0.717) is 0 Å². The summed E-state index contributed by atoms with van der Waals surface area (Å²) in [4.78, 5) is 2.38. The second-order valence-electron chi connectivity index (χ2n) is 13.0. The molecule has 8 aromatic rings. The quantitative estimate of drug-likeness (QED) is 0.120. The van der Waals surface area contributed by atoms with Gasteiger partial charge in [-0.3, -0.25) is 0 Å². The van der Waals surface area contributed by atoms with Crippen LogP contribution in [0.2, 0.25) is 0 Å². The maximum atomic E-state index is 2.52. The molecule has 0 saturated carbocycles. The van der Waals surface area contributed by atoms with Crippen molar-refractivity contribution >= 4 is 69.2 Å². The minimum atomic E-state index is -0.826. The Hall–Kier alpha value is -2.49. The average molecular weight is 1070 g/mol. The molecule has 0 aliphatic heterocycles. The molecule has 0 spiro atoms. The summed E-state index contributed by atoms with van der Waals surface area (Å²) in [6.07, 6.45) is 0. The van der Waals surface area contributed by atoms with Crippen LogP contribution < -0.4 is 81.5 Å². The van der Waals surface area contributed by atoms with Crippen molar-refractivity contribution in [3.05, 3.63) is 194 Å².